The van der Waals surface area contributed by atoms with E-state index >= 15 is 0 Å². The number of carboxylic acid groups (broad SMARTS) is 1. The number of thioether (sulfide) groups is 2. The van der Waals surface area contributed by atoms with Gasteiger partial charge < -0.3 is 58.0 Å². The highest BCUT2D eigenvalue weighted by molar-refractivity contribution is 7.98. The van der Waals surface area contributed by atoms with Crippen LogP contribution in [-0.2, 0) is 62.4 Å². The molecule has 66 heavy (non-hydrogen) atoms. The number of aromatic hydroxyl groups is 1. The van der Waals surface area contributed by atoms with Gasteiger partial charge in [0.1, 0.15) is 42.0 Å². The van der Waals surface area contributed by atoms with E-state index in [1.165, 1.54) is 48.2 Å². The monoisotopic (exact) mass is 955 g/mol. The number of imidazole rings is 1. The van der Waals surface area contributed by atoms with Crippen molar-refractivity contribution in [3.8, 4) is 5.75 Å². The summed E-state index contributed by atoms with van der Waals surface area (Å²) in [6.07, 6.45) is 4.34. The molecule has 12 N–H and O–H groups in total. The number of phenolic OH excluding ortho intramolecular Hbond substituents is 1. The van der Waals surface area contributed by atoms with Crippen molar-refractivity contribution in [2.24, 2.45) is 17.4 Å². The maximum absolute atomic E-state index is 14.3. The number of aromatic amines is 1. The van der Waals surface area contributed by atoms with Gasteiger partial charge in [-0.2, -0.15) is 23.5 Å². The Kier molecular flexibility index (Phi) is 23.0. The lowest BCUT2D eigenvalue weighted by Gasteiger charge is -2.28. The van der Waals surface area contributed by atoms with E-state index in [-0.39, 0.29) is 50.2 Å². The van der Waals surface area contributed by atoms with E-state index in [0.717, 1.165) is 0 Å². The Hall–Kier alpha value is -6.13. The molecule has 0 bridgehead atoms. The Morgan fingerprint density at radius 3 is 1.73 bits per heavy atom. The minimum atomic E-state index is -1.57. The number of H-pyrrole nitrogens is 1. The summed E-state index contributed by atoms with van der Waals surface area (Å²) in [5.74, 6) is -6.51. The van der Waals surface area contributed by atoms with Crippen LogP contribution in [0.5, 0.6) is 5.75 Å². The van der Waals surface area contributed by atoms with Crippen molar-refractivity contribution in [2.45, 2.75) is 101 Å². The number of hydrogen-bond acceptors (Lipinski definition) is 14. The number of phenols is 1. The standard InChI is InChI=1S/C44H61N9O11S2/c1-25(2)18-34(53-43(62)36(20-26-8-6-5-7-9-26)64-44(63)30(45)22-37(55)56)41(60)49-32(15-17-66-4)40(59)52-35(19-27-10-12-29(54)13-11-27)42(61)50-31(14-16-65-3)39(58)51-33(38(46)57)21-28-23-47-24-48-28/h5-13,23-25,30-36,54H,14-22,45H2,1-4H3,(H2,46,57)(H,47,48)(H,49,60)(H,50,61)(H,51,58)(H,52,59)(H,53,62)(H,55,56)/t30-,31-,32+,33-,34-,35-,36-/m0/s1. The van der Waals surface area contributed by atoms with Gasteiger partial charge >= 0.3 is 11.9 Å². The molecule has 0 spiro atoms. The Labute approximate surface area is 391 Å². The number of benzene rings is 2. The fraction of sp³-hybridized carbons (Fsp3) is 0.477. The zero-order valence-electron chi connectivity index (χ0n) is 37.3. The highest BCUT2D eigenvalue weighted by Crippen LogP contribution is 2.15. The number of nitrogens with two attached hydrogens (primary N) is 2. The van der Waals surface area contributed by atoms with Crippen LogP contribution in [0.3, 0.4) is 0 Å². The topological polar surface area (TPSA) is 327 Å². The highest BCUT2D eigenvalue weighted by atomic mass is 32.2. The minimum absolute atomic E-state index is 0.0136. The number of aromatic nitrogens is 2. The SMILES string of the molecule is CSCC[C@H](NC(=O)[C@H](Cc1ccc(O)cc1)NC(=O)[C@@H](CCSC)NC(=O)[C@H](CC(C)C)NC(=O)[C@H](Cc1ccccc1)OC(=O)[C@@H](N)CC(=O)O)C(=O)N[C@@H](Cc1cnc[nH]1)C(N)=O. The van der Waals surface area contributed by atoms with Gasteiger partial charge in [0, 0.05) is 31.2 Å². The molecular formula is C44H61N9O11S2. The highest BCUT2D eigenvalue weighted by Gasteiger charge is 2.35. The molecule has 360 valence electrons. The lowest BCUT2D eigenvalue weighted by Crippen LogP contribution is -2.60. The Morgan fingerprint density at radius 1 is 0.697 bits per heavy atom. The third kappa shape index (κ3) is 19.1. The van der Waals surface area contributed by atoms with Gasteiger partial charge in [-0.1, -0.05) is 56.3 Å². The number of amides is 6. The summed E-state index contributed by atoms with van der Waals surface area (Å²) in [7, 11) is 0. The van der Waals surface area contributed by atoms with Gasteiger partial charge in [-0.25, -0.2) is 4.98 Å². The van der Waals surface area contributed by atoms with Gasteiger partial charge in [0.25, 0.3) is 5.91 Å². The van der Waals surface area contributed by atoms with E-state index in [1.807, 2.05) is 20.1 Å². The van der Waals surface area contributed by atoms with Crippen LogP contribution in [0, 0.1) is 5.92 Å². The molecule has 20 nitrogen and oxygen atoms in total. The van der Waals surface area contributed by atoms with Crippen LogP contribution in [0.1, 0.15) is 56.4 Å². The van der Waals surface area contributed by atoms with E-state index in [9.17, 15) is 43.5 Å². The van der Waals surface area contributed by atoms with Crippen LogP contribution in [0.4, 0.5) is 0 Å². The van der Waals surface area contributed by atoms with Crippen LogP contribution in [0.15, 0.2) is 67.1 Å². The van der Waals surface area contributed by atoms with Crippen molar-refractivity contribution >= 4 is 70.9 Å². The Morgan fingerprint density at radius 2 is 1.21 bits per heavy atom. The zero-order chi connectivity index (χ0) is 48.8. The number of ether oxygens (including phenoxy) is 1. The molecule has 0 aliphatic heterocycles. The van der Waals surface area contributed by atoms with Gasteiger partial charge in [-0.05, 0) is 72.5 Å². The van der Waals surface area contributed by atoms with Crippen molar-refractivity contribution in [3.05, 3.63) is 83.9 Å². The Bertz CT molecular complexity index is 2060. The van der Waals surface area contributed by atoms with E-state index in [1.54, 1.807) is 48.7 Å². The first-order valence-electron chi connectivity index (χ1n) is 21.2. The van der Waals surface area contributed by atoms with Crippen LogP contribution >= 0.6 is 23.5 Å². The number of aliphatic carboxylic acids is 1. The molecule has 0 radical (unpaired) electrons. The van der Waals surface area contributed by atoms with Crippen molar-refractivity contribution in [1.29, 1.82) is 0 Å². The summed E-state index contributed by atoms with van der Waals surface area (Å²) in [6.45, 7) is 3.62. The van der Waals surface area contributed by atoms with Crippen molar-refractivity contribution in [1.82, 2.24) is 36.6 Å². The predicted molar refractivity (Wildman–Crippen MR) is 249 cm³/mol. The first-order chi connectivity index (χ1) is 31.4. The molecule has 3 aromatic rings. The number of carboxylic acids is 1. The van der Waals surface area contributed by atoms with Gasteiger partial charge in [0.05, 0.1) is 12.7 Å². The van der Waals surface area contributed by atoms with Crippen molar-refractivity contribution in [2.75, 3.05) is 24.0 Å². The number of esters is 1. The normalized spacial score (nSPS) is 14.3. The van der Waals surface area contributed by atoms with E-state index in [0.29, 0.717) is 28.3 Å². The molecule has 7 atom stereocenters. The maximum atomic E-state index is 14.3. The second-order valence-corrected chi connectivity index (χ2v) is 17.8. The minimum Gasteiger partial charge on any atom is -0.508 e. The molecule has 2 aromatic carbocycles. The molecule has 1 heterocycles. The van der Waals surface area contributed by atoms with Gasteiger partial charge in [0.2, 0.25) is 29.5 Å². The maximum Gasteiger partial charge on any atom is 0.324 e. The molecule has 0 saturated carbocycles. The average Bonchev–Trinajstić information content (AvgIpc) is 3.79. The van der Waals surface area contributed by atoms with Crippen molar-refractivity contribution in [3.63, 3.8) is 0 Å². The molecule has 22 heteroatoms. The molecule has 0 aliphatic rings. The number of rotatable bonds is 29. The van der Waals surface area contributed by atoms with Crippen LogP contribution in [0.25, 0.3) is 0 Å². The average molecular weight is 956 g/mol. The van der Waals surface area contributed by atoms with Gasteiger partial charge in [0.15, 0.2) is 6.10 Å². The number of carbonyl (C=O) groups excluding carboxylic acids is 7. The van der Waals surface area contributed by atoms with Crippen LogP contribution in [-0.4, -0.2) is 134 Å². The largest absolute Gasteiger partial charge is 0.508 e. The lowest BCUT2D eigenvalue weighted by atomic mass is 10.0. The molecule has 0 aliphatic carbocycles. The number of hydrogen-bond donors (Lipinski definition) is 10. The van der Waals surface area contributed by atoms with Crippen molar-refractivity contribution < 1.29 is 53.3 Å². The van der Waals surface area contributed by atoms with E-state index < -0.39 is 96.2 Å². The second kappa shape index (κ2) is 28.0. The van der Waals surface area contributed by atoms with Gasteiger partial charge in [-0.3, -0.25) is 38.4 Å². The first-order valence-corrected chi connectivity index (χ1v) is 23.9. The molecule has 0 unspecified atom stereocenters. The fourth-order valence-electron chi connectivity index (χ4n) is 6.50. The molecule has 0 fully saturated rings. The molecule has 3 rings (SSSR count). The molecule has 6 amide bonds. The van der Waals surface area contributed by atoms with E-state index in [4.69, 9.17) is 21.3 Å². The number of carbonyl (C=O) groups is 8. The molecule has 1 aromatic heterocycles. The lowest BCUT2D eigenvalue weighted by molar-refractivity contribution is -0.159. The quantitative estimate of drug-likeness (QED) is 0.0419. The third-order valence-corrected chi connectivity index (χ3v) is 11.3. The van der Waals surface area contributed by atoms with Crippen LogP contribution < -0.4 is 38.1 Å². The number of nitrogens with one attached hydrogen (secondary N) is 6. The summed E-state index contributed by atoms with van der Waals surface area (Å²) in [4.78, 5) is 113. The zero-order valence-corrected chi connectivity index (χ0v) is 39.0. The summed E-state index contributed by atoms with van der Waals surface area (Å²) in [6, 6.07) is 6.78. The van der Waals surface area contributed by atoms with Gasteiger partial charge in [-0.15, -0.1) is 0 Å². The fourth-order valence-corrected chi connectivity index (χ4v) is 7.44. The Balaban J connectivity index is 1.89. The molecular weight excluding hydrogens is 895 g/mol. The van der Waals surface area contributed by atoms with E-state index in [2.05, 4.69) is 36.6 Å². The number of primary amides is 1. The predicted octanol–water partition coefficient (Wildman–Crippen LogP) is 0.319. The molecule has 0 saturated heterocycles. The summed E-state index contributed by atoms with van der Waals surface area (Å²) >= 11 is 2.81. The smallest absolute Gasteiger partial charge is 0.324 e. The van der Waals surface area contributed by atoms with Crippen LogP contribution in [0.2, 0.25) is 0 Å². The second-order valence-electron chi connectivity index (χ2n) is 15.9. The number of nitrogens with zero attached hydrogens (tertiary/aromatic N) is 1. The first kappa shape index (κ1) is 54.2. The summed E-state index contributed by atoms with van der Waals surface area (Å²) in [5.41, 5.74) is 13.0. The summed E-state index contributed by atoms with van der Waals surface area (Å²) in [5, 5.41) is 32.5. The summed E-state index contributed by atoms with van der Waals surface area (Å²) < 4.78 is 5.43. The third-order valence-electron chi connectivity index (χ3n) is 9.99.